The number of hydrogen-bond donors (Lipinski definition) is 3. The van der Waals surface area contributed by atoms with Crippen LogP contribution in [0.4, 0.5) is 5.69 Å². The molecule has 0 atom stereocenters. The van der Waals surface area contributed by atoms with Gasteiger partial charge in [0.25, 0.3) is 5.91 Å². The third-order valence-corrected chi connectivity index (χ3v) is 4.39. The summed E-state index contributed by atoms with van der Waals surface area (Å²) in [5, 5.41) is 11.8. The number of rotatable bonds is 6. The minimum absolute atomic E-state index is 0. The predicted octanol–water partition coefficient (Wildman–Crippen LogP) is 2.75. The fourth-order valence-electron chi connectivity index (χ4n) is 2.84. The molecular weight excluding hydrogens is 427 g/mol. The van der Waals surface area contributed by atoms with E-state index in [4.69, 9.17) is 5.21 Å². The van der Waals surface area contributed by atoms with Crippen LogP contribution in [0.5, 0.6) is 0 Å². The number of halogens is 2. The van der Waals surface area contributed by atoms with Gasteiger partial charge in [0.05, 0.1) is 5.69 Å². The molecule has 1 aliphatic rings. The fraction of sp³-hybridized carbons (Fsp3) is 0.190. The van der Waals surface area contributed by atoms with Crippen molar-refractivity contribution >= 4 is 54.3 Å². The quantitative estimate of drug-likeness (QED) is 0.271. The third-order valence-electron chi connectivity index (χ3n) is 4.39. The van der Waals surface area contributed by atoms with E-state index in [1.165, 1.54) is 23.7 Å². The molecule has 0 bridgehead atoms. The van der Waals surface area contributed by atoms with Gasteiger partial charge in [-0.05, 0) is 54.1 Å². The van der Waals surface area contributed by atoms with E-state index in [-0.39, 0.29) is 30.6 Å². The van der Waals surface area contributed by atoms with Gasteiger partial charge in [-0.3, -0.25) is 19.8 Å². The molecule has 0 aliphatic carbocycles. The Morgan fingerprint density at radius 3 is 2.30 bits per heavy atom. The first-order chi connectivity index (χ1) is 13.7. The molecule has 7 nitrogen and oxygen atoms in total. The molecule has 1 saturated heterocycles. The Morgan fingerprint density at radius 2 is 1.70 bits per heavy atom. The van der Waals surface area contributed by atoms with Crippen LogP contribution in [0.2, 0.25) is 0 Å². The monoisotopic (exact) mass is 450 g/mol. The summed E-state index contributed by atoms with van der Waals surface area (Å²) < 4.78 is 0. The summed E-state index contributed by atoms with van der Waals surface area (Å²) in [6.45, 7) is 3.88. The zero-order valence-corrected chi connectivity index (χ0v) is 17.8. The van der Waals surface area contributed by atoms with Crippen LogP contribution in [0.1, 0.15) is 21.6 Å². The number of anilines is 1. The smallest absolute Gasteiger partial charge is 0.267 e. The van der Waals surface area contributed by atoms with Crippen LogP contribution in [0.15, 0.2) is 54.7 Å². The van der Waals surface area contributed by atoms with Gasteiger partial charge in [-0.1, -0.05) is 6.07 Å². The lowest BCUT2D eigenvalue weighted by Gasteiger charge is -2.29. The number of pyridine rings is 1. The first-order valence-electron chi connectivity index (χ1n) is 9.02. The predicted molar refractivity (Wildman–Crippen MR) is 123 cm³/mol. The first kappa shape index (κ1) is 25.3. The van der Waals surface area contributed by atoms with Crippen molar-refractivity contribution in [3.63, 3.8) is 0 Å². The molecule has 0 spiro atoms. The lowest BCUT2D eigenvalue weighted by molar-refractivity contribution is -0.124. The van der Waals surface area contributed by atoms with E-state index in [1.807, 2.05) is 24.3 Å². The zero-order valence-electron chi connectivity index (χ0n) is 16.2. The van der Waals surface area contributed by atoms with Crippen molar-refractivity contribution in [2.24, 2.45) is 0 Å². The molecule has 9 heteroatoms. The molecule has 1 aromatic heterocycles. The molecule has 0 saturated carbocycles. The standard InChI is InChI=1S/C21H22N4O3.2ClH/c26-20(17-3-7-19(8-4-17)25-13-11-22-12-14-25)9-2-16-1-5-18(23-15-16)6-10-21(27)24-28;;/h1-10,15,22,28H,11-14H2,(H,24,27);2*1H/b9-2+,10-6+;;. The summed E-state index contributed by atoms with van der Waals surface area (Å²) in [4.78, 5) is 29.8. The van der Waals surface area contributed by atoms with E-state index >= 15 is 0 Å². The van der Waals surface area contributed by atoms with Gasteiger partial charge in [0.2, 0.25) is 0 Å². The van der Waals surface area contributed by atoms with Gasteiger partial charge in [-0.15, -0.1) is 24.8 Å². The number of hydroxylamine groups is 1. The topological polar surface area (TPSA) is 94.6 Å². The molecule has 1 aliphatic heterocycles. The number of ketones is 1. The number of amides is 1. The SMILES string of the molecule is Cl.Cl.O=C(/C=C/c1ccc(/C=C/C(=O)c2ccc(N3CCNCC3)cc2)cn1)NO. The van der Waals surface area contributed by atoms with Crippen molar-refractivity contribution in [2.75, 3.05) is 31.1 Å². The van der Waals surface area contributed by atoms with Crippen molar-refractivity contribution in [2.45, 2.75) is 0 Å². The highest BCUT2D eigenvalue weighted by molar-refractivity contribution is 6.07. The molecule has 0 radical (unpaired) electrons. The van der Waals surface area contributed by atoms with Gasteiger partial charge in [0.15, 0.2) is 5.78 Å². The van der Waals surface area contributed by atoms with Gasteiger partial charge < -0.3 is 10.2 Å². The van der Waals surface area contributed by atoms with E-state index in [1.54, 1.807) is 24.4 Å². The largest absolute Gasteiger partial charge is 0.369 e. The highest BCUT2D eigenvalue weighted by Gasteiger charge is 2.10. The van der Waals surface area contributed by atoms with E-state index in [9.17, 15) is 9.59 Å². The Hall–Kier alpha value is -2.71. The number of carbonyl (C=O) groups is 2. The summed E-state index contributed by atoms with van der Waals surface area (Å²) in [6.07, 6.45) is 7.47. The highest BCUT2D eigenvalue weighted by Crippen LogP contribution is 2.16. The molecule has 1 aromatic carbocycles. The maximum absolute atomic E-state index is 12.4. The van der Waals surface area contributed by atoms with Gasteiger partial charge in [0, 0.05) is 49.7 Å². The van der Waals surface area contributed by atoms with E-state index < -0.39 is 5.91 Å². The Kier molecular flexibility index (Phi) is 10.8. The second-order valence-electron chi connectivity index (χ2n) is 6.31. The number of hydrogen-bond acceptors (Lipinski definition) is 6. The normalized spacial score (nSPS) is 13.6. The molecule has 3 N–H and O–H groups in total. The highest BCUT2D eigenvalue weighted by atomic mass is 35.5. The second kappa shape index (κ2) is 12.8. The van der Waals surface area contributed by atoms with Gasteiger partial charge >= 0.3 is 0 Å². The second-order valence-corrected chi connectivity index (χ2v) is 6.31. The van der Waals surface area contributed by atoms with Crippen LogP contribution in [0.3, 0.4) is 0 Å². The van der Waals surface area contributed by atoms with Crippen LogP contribution in [0.25, 0.3) is 12.2 Å². The maximum atomic E-state index is 12.4. The van der Waals surface area contributed by atoms with Crippen LogP contribution in [-0.2, 0) is 4.79 Å². The van der Waals surface area contributed by atoms with Crippen molar-refractivity contribution in [3.05, 3.63) is 71.6 Å². The molecule has 1 fully saturated rings. The lowest BCUT2D eigenvalue weighted by Crippen LogP contribution is -2.43. The van der Waals surface area contributed by atoms with Crippen molar-refractivity contribution in [1.82, 2.24) is 15.8 Å². The summed E-state index contributed by atoms with van der Waals surface area (Å²) >= 11 is 0. The Morgan fingerprint density at radius 1 is 1.00 bits per heavy atom. The number of carbonyl (C=O) groups excluding carboxylic acids is 2. The number of nitrogens with zero attached hydrogens (tertiary/aromatic N) is 2. The lowest BCUT2D eigenvalue weighted by atomic mass is 10.1. The average molecular weight is 451 g/mol. The fourth-order valence-corrected chi connectivity index (χ4v) is 2.84. The van der Waals surface area contributed by atoms with Crippen LogP contribution < -0.4 is 15.7 Å². The molecule has 160 valence electrons. The third kappa shape index (κ3) is 7.27. The van der Waals surface area contributed by atoms with E-state index in [0.717, 1.165) is 37.4 Å². The van der Waals surface area contributed by atoms with Crippen molar-refractivity contribution in [3.8, 4) is 0 Å². The van der Waals surface area contributed by atoms with Crippen LogP contribution in [0, 0.1) is 0 Å². The summed E-state index contributed by atoms with van der Waals surface area (Å²) in [6, 6.07) is 11.2. The molecule has 30 heavy (non-hydrogen) atoms. The number of benzene rings is 1. The van der Waals surface area contributed by atoms with Crippen LogP contribution in [-0.4, -0.2) is 48.1 Å². The molecule has 3 rings (SSSR count). The molecule has 1 amide bonds. The number of aromatic nitrogens is 1. The van der Waals surface area contributed by atoms with Gasteiger partial charge in [-0.2, -0.15) is 0 Å². The Labute approximate surface area is 187 Å². The minimum atomic E-state index is -0.626. The number of nitrogens with one attached hydrogen (secondary N) is 2. The van der Waals surface area contributed by atoms with Crippen molar-refractivity contribution < 1.29 is 14.8 Å². The summed E-state index contributed by atoms with van der Waals surface area (Å²) in [7, 11) is 0. The zero-order chi connectivity index (χ0) is 19.8. The van der Waals surface area contributed by atoms with Gasteiger partial charge in [0.1, 0.15) is 0 Å². The molecule has 2 heterocycles. The maximum Gasteiger partial charge on any atom is 0.267 e. The number of allylic oxidation sites excluding steroid dienone is 1. The van der Waals surface area contributed by atoms with Crippen LogP contribution >= 0.6 is 24.8 Å². The molecule has 0 unspecified atom stereocenters. The van der Waals surface area contributed by atoms with E-state index in [2.05, 4.69) is 15.2 Å². The summed E-state index contributed by atoms with van der Waals surface area (Å²) in [5.74, 6) is -0.699. The molecular formula is C21H24Cl2N4O3. The Balaban J connectivity index is 0.00000225. The first-order valence-corrected chi connectivity index (χ1v) is 9.02. The van der Waals surface area contributed by atoms with E-state index in [0.29, 0.717) is 11.3 Å². The van der Waals surface area contributed by atoms with Gasteiger partial charge in [-0.25, -0.2) is 5.48 Å². The number of piperazine rings is 1. The molecule has 2 aromatic rings. The Bertz CT molecular complexity index is 878. The van der Waals surface area contributed by atoms with Crippen molar-refractivity contribution in [1.29, 1.82) is 0 Å². The summed E-state index contributed by atoms with van der Waals surface area (Å²) in [5.41, 5.74) is 4.61. The average Bonchev–Trinajstić information content (AvgIpc) is 2.77. The minimum Gasteiger partial charge on any atom is -0.369 e.